The molecule has 0 bridgehead atoms. The van der Waals surface area contributed by atoms with Gasteiger partial charge in [-0.2, -0.15) is 0 Å². The van der Waals surface area contributed by atoms with Crippen molar-refractivity contribution in [1.29, 1.82) is 0 Å². The van der Waals surface area contributed by atoms with Gasteiger partial charge < -0.3 is 18.6 Å². The molecule has 1 aliphatic heterocycles. The van der Waals surface area contributed by atoms with E-state index < -0.39 is 12.0 Å². The first-order chi connectivity index (χ1) is 23.1. The van der Waals surface area contributed by atoms with Gasteiger partial charge in [0.1, 0.15) is 24.2 Å². The standard InChI is InChI=1S/C35H26Cl4N2O6S/c1-4-45-34(43)31-18(2)40-35-41(32(31)28-12-11-26(47-28)20-7-9-23(37)25(39)15-20)33(42)30(48-35)14-19-5-10-27(29(13-19)44-3)46-17-21-6-8-22(36)16-24(21)38/h5-16,32H,4,17H2,1-3H3/b30-14-/t32-/m0/s1. The van der Waals surface area contributed by atoms with Gasteiger partial charge in [-0.1, -0.05) is 69.9 Å². The molecule has 5 aromatic rings. The highest BCUT2D eigenvalue weighted by molar-refractivity contribution is 7.07. The third kappa shape index (κ3) is 6.79. The summed E-state index contributed by atoms with van der Waals surface area (Å²) in [5, 5.41) is 1.80. The van der Waals surface area contributed by atoms with E-state index in [9.17, 15) is 9.59 Å². The number of carbonyl (C=O) groups is 1. The number of ether oxygens (including phenoxy) is 3. The van der Waals surface area contributed by atoms with Gasteiger partial charge >= 0.3 is 5.97 Å². The van der Waals surface area contributed by atoms with Crippen LogP contribution in [0.2, 0.25) is 20.1 Å². The third-order valence-corrected chi connectivity index (χ3v) is 9.81. The minimum atomic E-state index is -0.927. The van der Waals surface area contributed by atoms with E-state index in [-0.39, 0.29) is 24.3 Å². The van der Waals surface area contributed by atoms with Crippen molar-refractivity contribution < 1.29 is 23.4 Å². The van der Waals surface area contributed by atoms with Crippen molar-refractivity contribution in [1.82, 2.24) is 4.57 Å². The minimum Gasteiger partial charge on any atom is -0.493 e. The smallest absolute Gasteiger partial charge is 0.338 e. The SMILES string of the molecule is CCOC(=O)C1=C(C)N=c2s/c(=C\c3ccc(OCc4ccc(Cl)cc4Cl)c(OC)c3)c(=O)n2[C@H]1c1ccc(-c2ccc(Cl)c(Cl)c2)o1. The molecule has 3 heterocycles. The van der Waals surface area contributed by atoms with E-state index >= 15 is 0 Å². The summed E-state index contributed by atoms with van der Waals surface area (Å²) in [4.78, 5) is 32.4. The maximum Gasteiger partial charge on any atom is 0.338 e. The molecule has 2 aromatic heterocycles. The molecule has 0 fully saturated rings. The van der Waals surface area contributed by atoms with E-state index in [0.717, 1.165) is 5.56 Å². The Morgan fingerprint density at radius 3 is 2.52 bits per heavy atom. The van der Waals surface area contributed by atoms with Gasteiger partial charge in [-0.25, -0.2) is 9.79 Å². The van der Waals surface area contributed by atoms with Crippen LogP contribution in [0.3, 0.4) is 0 Å². The largest absolute Gasteiger partial charge is 0.493 e. The van der Waals surface area contributed by atoms with Gasteiger partial charge in [0.2, 0.25) is 0 Å². The summed E-state index contributed by atoms with van der Waals surface area (Å²) in [7, 11) is 1.53. The van der Waals surface area contributed by atoms with E-state index in [2.05, 4.69) is 4.99 Å². The second-order valence-electron chi connectivity index (χ2n) is 10.6. The topological polar surface area (TPSA) is 92.3 Å². The zero-order valence-electron chi connectivity index (χ0n) is 25.7. The normalized spacial score (nSPS) is 14.5. The predicted octanol–water partition coefficient (Wildman–Crippen LogP) is 8.26. The van der Waals surface area contributed by atoms with Crippen molar-refractivity contribution in [3.05, 3.63) is 135 Å². The van der Waals surface area contributed by atoms with Crippen LogP contribution < -0.4 is 24.4 Å². The molecule has 8 nitrogen and oxygen atoms in total. The average Bonchev–Trinajstić information content (AvgIpc) is 3.66. The molecular formula is C35H26Cl4N2O6S. The lowest BCUT2D eigenvalue weighted by Gasteiger charge is -2.22. The van der Waals surface area contributed by atoms with E-state index in [1.54, 1.807) is 80.6 Å². The van der Waals surface area contributed by atoms with Gasteiger partial charge in [0.15, 0.2) is 16.3 Å². The Kier molecular flexibility index (Phi) is 10.1. The maximum absolute atomic E-state index is 14.1. The number of hydrogen-bond donors (Lipinski definition) is 0. The highest BCUT2D eigenvalue weighted by atomic mass is 35.5. The number of rotatable bonds is 9. The molecule has 1 aliphatic rings. The summed E-state index contributed by atoms with van der Waals surface area (Å²) in [6, 6.07) is 18.2. The Balaban J connectivity index is 1.38. The molecule has 0 N–H and O–H groups in total. The number of furan rings is 1. The van der Waals surface area contributed by atoms with Crippen LogP contribution in [0.5, 0.6) is 11.5 Å². The Bertz CT molecular complexity index is 2270. The highest BCUT2D eigenvalue weighted by Gasteiger charge is 2.35. The molecule has 0 aliphatic carbocycles. The van der Waals surface area contributed by atoms with Crippen LogP contribution in [-0.4, -0.2) is 24.3 Å². The van der Waals surface area contributed by atoms with Gasteiger partial charge in [0, 0.05) is 21.2 Å². The number of fused-ring (bicyclic) bond motifs is 1. The lowest BCUT2D eigenvalue weighted by Crippen LogP contribution is -2.39. The quantitative estimate of drug-likeness (QED) is 0.141. The summed E-state index contributed by atoms with van der Waals surface area (Å²) in [6.07, 6.45) is 1.73. The number of hydrogen-bond acceptors (Lipinski definition) is 8. The van der Waals surface area contributed by atoms with Crippen molar-refractivity contribution >= 4 is 69.8 Å². The molecule has 0 amide bonds. The fraction of sp³-hybridized carbons (Fsp3) is 0.171. The number of esters is 1. The van der Waals surface area contributed by atoms with Crippen LogP contribution in [0.15, 0.2) is 92.2 Å². The number of benzene rings is 3. The van der Waals surface area contributed by atoms with Gasteiger partial charge in [-0.05, 0) is 80.1 Å². The summed E-state index contributed by atoms with van der Waals surface area (Å²) in [5.74, 6) is 1.20. The van der Waals surface area contributed by atoms with Crippen molar-refractivity contribution in [3.63, 3.8) is 0 Å². The highest BCUT2D eigenvalue weighted by Crippen LogP contribution is 2.36. The van der Waals surface area contributed by atoms with E-state index in [4.69, 9.17) is 65.0 Å². The summed E-state index contributed by atoms with van der Waals surface area (Å²) in [5.41, 5.74) is 2.39. The van der Waals surface area contributed by atoms with Gasteiger partial charge in [-0.3, -0.25) is 9.36 Å². The molecule has 1 atom stereocenters. The Morgan fingerprint density at radius 1 is 0.979 bits per heavy atom. The fourth-order valence-electron chi connectivity index (χ4n) is 5.20. The summed E-state index contributed by atoms with van der Waals surface area (Å²) in [6.45, 7) is 3.77. The maximum atomic E-state index is 14.1. The first-order valence-corrected chi connectivity index (χ1v) is 16.9. The molecule has 0 saturated carbocycles. The second-order valence-corrected chi connectivity index (χ2v) is 13.2. The van der Waals surface area contributed by atoms with Gasteiger partial charge in [0.25, 0.3) is 5.56 Å². The van der Waals surface area contributed by atoms with Gasteiger partial charge in [0.05, 0.1) is 39.6 Å². The average molecular weight is 744 g/mol. The zero-order chi connectivity index (χ0) is 34.1. The first kappa shape index (κ1) is 33.9. The molecule has 3 aromatic carbocycles. The van der Waals surface area contributed by atoms with Gasteiger partial charge in [-0.15, -0.1) is 0 Å². The summed E-state index contributed by atoms with van der Waals surface area (Å²) < 4.78 is 25.1. The molecule has 0 saturated heterocycles. The predicted molar refractivity (Wildman–Crippen MR) is 188 cm³/mol. The van der Waals surface area contributed by atoms with Crippen molar-refractivity contribution in [2.75, 3.05) is 13.7 Å². The number of thiazole rings is 1. The number of allylic oxidation sites excluding steroid dienone is 1. The van der Waals surface area contributed by atoms with E-state index in [1.807, 2.05) is 6.07 Å². The molecule has 0 unspecified atom stereocenters. The molecule has 0 radical (unpaired) electrons. The summed E-state index contributed by atoms with van der Waals surface area (Å²) >= 11 is 25.9. The molecule has 246 valence electrons. The molecule has 6 rings (SSSR count). The molecular weight excluding hydrogens is 718 g/mol. The minimum absolute atomic E-state index is 0.147. The van der Waals surface area contributed by atoms with Crippen LogP contribution in [0.1, 0.15) is 36.8 Å². The molecule has 13 heteroatoms. The number of aromatic nitrogens is 1. The van der Waals surface area contributed by atoms with Crippen LogP contribution in [0.25, 0.3) is 17.4 Å². The second kappa shape index (κ2) is 14.2. The van der Waals surface area contributed by atoms with Crippen LogP contribution in [0.4, 0.5) is 0 Å². The third-order valence-electron chi connectivity index (χ3n) is 7.50. The Labute approximate surface area is 299 Å². The van der Waals surface area contributed by atoms with Crippen LogP contribution >= 0.6 is 57.7 Å². The van der Waals surface area contributed by atoms with Crippen LogP contribution in [0, 0.1) is 0 Å². The van der Waals surface area contributed by atoms with Crippen molar-refractivity contribution in [2.45, 2.75) is 26.5 Å². The Morgan fingerprint density at radius 2 is 1.79 bits per heavy atom. The Hall–Kier alpha value is -3.99. The first-order valence-electron chi connectivity index (χ1n) is 14.6. The van der Waals surface area contributed by atoms with Crippen molar-refractivity contribution in [2.24, 2.45) is 4.99 Å². The number of halogens is 4. The number of methoxy groups -OCH3 is 1. The van der Waals surface area contributed by atoms with Crippen molar-refractivity contribution in [3.8, 4) is 22.8 Å². The monoisotopic (exact) mass is 742 g/mol. The molecule has 48 heavy (non-hydrogen) atoms. The zero-order valence-corrected chi connectivity index (χ0v) is 29.5. The lowest BCUT2D eigenvalue weighted by atomic mass is 10.0. The fourth-order valence-corrected chi connectivity index (χ4v) is 7.01. The van der Waals surface area contributed by atoms with E-state index in [0.29, 0.717) is 69.3 Å². The molecule has 0 spiro atoms. The number of carbonyl (C=O) groups excluding carboxylic acids is 1. The lowest BCUT2D eigenvalue weighted by molar-refractivity contribution is -0.139. The number of nitrogens with zero attached hydrogens (tertiary/aromatic N) is 2. The van der Waals surface area contributed by atoms with E-state index in [1.165, 1.54) is 23.0 Å². The van der Waals surface area contributed by atoms with Crippen LogP contribution in [-0.2, 0) is 16.1 Å².